The molecule has 2 N–H and O–H groups in total. The lowest BCUT2D eigenvalue weighted by Gasteiger charge is -2.09. The monoisotopic (exact) mass is 354 g/mol. The normalized spacial score (nSPS) is 14.3. The van der Waals surface area contributed by atoms with E-state index in [0.29, 0.717) is 11.6 Å². The third-order valence-electron chi connectivity index (χ3n) is 4.89. The van der Waals surface area contributed by atoms with Crippen molar-refractivity contribution in [2.45, 2.75) is 25.7 Å². The summed E-state index contributed by atoms with van der Waals surface area (Å²) in [6.07, 6.45) is 4.17. The first-order valence-corrected chi connectivity index (χ1v) is 9.40. The molecule has 0 fully saturated rings. The number of H-pyrrole nitrogens is 1. The molecule has 0 radical (unpaired) electrons. The van der Waals surface area contributed by atoms with E-state index in [4.69, 9.17) is 16.3 Å². The maximum absolute atomic E-state index is 6.14. The average molecular weight is 355 g/mol. The predicted octanol–water partition coefficient (Wildman–Crippen LogP) is 4.52. The number of para-hydroxylation sites is 1. The van der Waals surface area contributed by atoms with Gasteiger partial charge in [-0.05, 0) is 55.1 Å². The van der Waals surface area contributed by atoms with E-state index in [0.717, 1.165) is 44.5 Å². The number of nitrogens with one attached hydrogen (secondary N) is 2. The summed E-state index contributed by atoms with van der Waals surface area (Å²) in [4.78, 5) is 3.63. The summed E-state index contributed by atoms with van der Waals surface area (Å²) in [6, 6.07) is 14.3. The van der Waals surface area contributed by atoms with Crippen LogP contribution in [-0.2, 0) is 19.3 Å². The molecule has 4 heteroatoms. The van der Waals surface area contributed by atoms with Crippen LogP contribution < -0.4 is 10.1 Å². The number of rotatable bonds is 5. The summed E-state index contributed by atoms with van der Waals surface area (Å²) in [5, 5.41) is 5.59. The number of fused-ring (bicyclic) bond motifs is 3. The van der Waals surface area contributed by atoms with Gasteiger partial charge in [0.05, 0.1) is 11.6 Å². The number of aromatic amines is 1. The summed E-state index contributed by atoms with van der Waals surface area (Å²) in [5.41, 5.74) is 5.60. The van der Waals surface area contributed by atoms with Crippen molar-refractivity contribution in [1.82, 2.24) is 10.3 Å². The molecule has 0 atom stereocenters. The second-order valence-electron chi connectivity index (χ2n) is 6.55. The molecule has 3 aromatic rings. The number of aryl methyl sites for hydroxylation is 1. The zero-order valence-electron chi connectivity index (χ0n) is 14.3. The van der Waals surface area contributed by atoms with E-state index in [1.54, 1.807) is 0 Å². The summed E-state index contributed by atoms with van der Waals surface area (Å²) >= 11 is 6.14. The van der Waals surface area contributed by atoms with Gasteiger partial charge in [0.25, 0.3) is 0 Å². The quantitative estimate of drug-likeness (QED) is 0.661. The minimum Gasteiger partial charge on any atom is -0.492 e. The Hall–Kier alpha value is -1.97. The second kappa shape index (κ2) is 7.51. The summed E-state index contributed by atoms with van der Waals surface area (Å²) < 4.78 is 5.83. The van der Waals surface area contributed by atoms with Gasteiger partial charge in [0.2, 0.25) is 0 Å². The third kappa shape index (κ3) is 3.53. The van der Waals surface area contributed by atoms with Gasteiger partial charge in [0.1, 0.15) is 5.75 Å². The van der Waals surface area contributed by atoms with Gasteiger partial charge in [0, 0.05) is 29.6 Å². The second-order valence-corrected chi connectivity index (χ2v) is 6.96. The number of hydrogen-bond acceptors (Lipinski definition) is 2. The average Bonchev–Trinajstić information content (AvgIpc) is 2.82. The SMILES string of the molecule is Clc1ccccc1OCCCc1cccc2[nH]c3c(c12)CCNCC3. The van der Waals surface area contributed by atoms with Gasteiger partial charge in [-0.2, -0.15) is 0 Å². The van der Waals surface area contributed by atoms with Gasteiger partial charge in [-0.15, -0.1) is 0 Å². The minimum absolute atomic E-state index is 0.674. The van der Waals surface area contributed by atoms with Crippen LogP contribution in [0.4, 0.5) is 0 Å². The molecule has 0 saturated carbocycles. The van der Waals surface area contributed by atoms with Crippen molar-refractivity contribution in [3.63, 3.8) is 0 Å². The maximum Gasteiger partial charge on any atom is 0.137 e. The molecule has 0 unspecified atom stereocenters. The van der Waals surface area contributed by atoms with Gasteiger partial charge in [-0.1, -0.05) is 35.9 Å². The van der Waals surface area contributed by atoms with Crippen molar-refractivity contribution < 1.29 is 4.74 Å². The number of ether oxygens (including phenoxy) is 1. The standard InChI is InChI=1S/C21H23ClN2O/c22-17-7-1-2-9-20(17)25-14-4-6-15-5-3-8-19-21(15)16-10-12-23-13-11-18(16)24-19/h1-3,5,7-9,23-24H,4,6,10-14H2. The van der Waals surface area contributed by atoms with Crippen LogP contribution in [0.3, 0.4) is 0 Å². The summed E-state index contributed by atoms with van der Waals surface area (Å²) in [6.45, 7) is 2.79. The molecule has 2 heterocycles. The van der Waals surface area contributed by atoms with E-state index in [1.807, 2.05) is 24.3 Å². The van der Waals surface area contributed by atoms with Crippen molar-refractivity contribution in [2.75, 3.05) is 19.7 Å². The van der Waals surface area contributed by atoms with Crippen LogP contribution in [-0.4, -0.2) is 24.7 Å². The van der Waals surface area contributed by atoms with Crippen molar-refractivity contribution >= 4 is 22.5 Å². The number of hydrogen-bond donors (Lipinski definition) is 2. The van der Waals surface area contributed by atoms with Gasteiger partial charge in [-0.3, -0.25) is 0 Å². The molecule has 0 aliphatic carbocycles. The first-order chi connectivity index (χ1) is 12.3. The van der Waals surface area contributed by atoms with E-state index in [9.17, 15) is 0 Å². The first kappa shape index (κ1) is 16.5. The fourth-order valence-corrected chi connectivity index (χ4v) is 3.90. The number of benzene rings is 2. The zero-order chi connectivity index (χ0) is 17.1. The van der Waals surface area contributed by atoms with Gasteiger partial charge in [0.15, 0.2) is 0 Å². The van der Waals surface area contributed by atoms with Crippen LogP contribution in [0.25, 0.3) is 10.9 Å². The summed E-state index contributed by atoms with van der Waals surface area (Å²) in [5.74, 6) is 0.768. The van der Waals surface area contributed by atoms with E-state index >= 15 is 0 Å². The third-order valence-corrected chi connectivity index (χ3v) is 5.20. The molecular weight excluding hydrogens is 332 g/mol. The number of halogens is 1. The predicted molar refractivity (Wildman–Crippen MR) is 104 cm³/mol. The van der Waals surface area contributed by atoms with Crippen LogP contribution >= 0.6 is 11.6 Å². The molecule has 0 saturated heterocycles. The van der Waals surface area contributed by atoms with Gasteiger partial charge in [-0.25, -0.2) is 0 Å². The topological polar surface area (TPSA) is 37.0 Å². The van der Waals surface area contributed by atoms with E-state index in [-0.39, 0.29) is 0 Å². The molecule has 1 aliphatic heterocycles. The zero-order valence-corrected chi connectivity index (χ0v) is 15.0. The molecule has 0 amide bonds. The molecule has 0 spiro atoms. The Labute approximate surface area is 153 Å². The first-order valence-electron chi connectivity index (χ1n) is 9.02. The van der Waals surface area contributed by atoms with Crippen LogP contribution in [0, 0.1) is 0 Å². The van der Waals surface area contributed by atoms with Crippen molar-refractivity contribution in [3.8, 4) is 5.75 Å². The Morgan fingerprint density at radius 1 is 1.00 bits per heavy atom. The molecule has 4 rings (SSSR count). The maximum atomic E-state index is 6.14. The number of aromatic nitrogens is 1. The largest absolute Gasteiger partial charge is 0.492 e. The highest BCUT2D eigenvalue weighted by atomic mass is 35.5. The molecule has 1 aromatic heterocycles. The fourth-order valence-electron chi connectivity index (χ4n) is 3.71. The van der Waals surface area contributed by atoms with Crippen molar-refractivity contribution in [1.29, 1.82) is 0 Å². The van der Waals surface area contributed by atoms with Gasteiger partial charge < -0.3 is 15.0 Å². The lowest BCUT2D eigenvalue weighted by atomic mass is 9.99. The van der Waals surface area contributed by atoms with Crippen molar-refractivity contribution in [3.05, 3.63) is 64.3 Å². The Morgan fingerprint density at radius 2 is 1.88 bits per heavy atom. The lowest BCUT2D eigenvalue weighted by molar-refractivity contribution is 0.311. The van der Waals surface area contributed by atoms with E-state index in [1.165, 1.54) is 27.7 Å². The smallest absolute Gasteiger partial charge is 0.137 e. The molecule has 2 aromatic carbocycles. The van der Waals surface area contributed by atoms with E-state index < -0.39 is 0 Å². The molecule has 3 nitrogen and oxygen atoms in total. The Balaban J connectivity index is 1.48. The summed E-state index contributed by atoms with van der Waals surface area (Å²) in [7, 11) is 0. The Kier molecular flexibility index (Phi) is 4.95. The molecule has 1 aliphatic rings. The highest BCUT2D eigenvalue weighted by Gasteiger charge is 2.16. The Morgan fingerprint density at radius 3 is 2.80 bits per heavy atom. The van der Waals surface area contributed by atoms with Crippen LogP contribution in [0.2, 0.25) is 5.02 Å². The van der Waals surface area contributed by atoms with Crippen LogP contribution in [0.5, 0.6) is 5.75 Å². The highest BCUT2D eigenvalue weighted by Crippen LogP contribution is 2.29. The molecule has 0 bridgehead atoms. The molecular formula is C21H23ClN2O. The van der Waals surface area contributed by atoms with Crippen LogP contribution in [0.15, 0.2) is 42.5 Å². The van der Waals surface area contributed by atoms with E-state index in [2.05, 4.69) is 28.5 Å². The highest BCUT2D eigenvalue weighted by molar-refractivity contribution is 6.32. The Bertz CT molecular complexity index is 871. The lowest BCUT2D eigenvalue weighted by Crippen LogP contribution is -2.16. The molecule has 25 heavy (non-hydrogen) atoms. The van der Waals surface area contributed by atoms with Gasteiger partial charge >= 0.3 is 0 Å². The minimum atomic E-state index is 0.674. The fraction of sp³-hybridized carbons (Fsp3) is 0.333. The van der Waals surface area contributed by atoms with Crippen molar-refractivity contribution in [2.24, 2.45) is 0 Å². The van der Waals surface area contributed by atoms with Crippen LogP contribution in [0.1, 0.15) is 23.2 Å². The molecule has 130 valence electrons.